The van der Waals surface area contributed by atoms with E-state index in [0.717, 1.165) is 14.3 Å². The quantitative estimate of drug-likeness (QED) is 0.819. The maximum Gasteiger partial charge on any atom is 0.204 e. The predicted octanol–water partition coefficient (Wildman–Crippen LogP) is 3.29. The molecule has 0 aromatic carbocycles. The van der Waals surface area contributed by atoms with Crippen LogP contribution in [0.3, 0.4) is 0 Å². The maximum atomic E-state index is 5.00. The van der Waals surface area contributed by atoms with E-state index >= 15 is 0 Å². The van der Waals surface area contributed by atoms with Crippen LogP contribution in [-0.4, -0.2) is 27.7 Å². The molecular weight excluding hydrogens is 246 g/mol. The molecule has 0 saturated heterocycles. The van der Waals surface area contributed by atoms with Crippen molar-refractivity contribution >= 4 is 40.4 Å². The van der Waals surface area contributed by atoms with Crippen molar-refractivity contribution in [2.24, 2.45) is 0 Å². The van der Waals surface area contributed by atoms with E-state index in [-0.39, 0.29) is 0 Å². The van der Waals surface area contributed by atoms with Crippen LogP contribution in [0.1, 0.15) is 25.7 Å². The summed E-state index contributed by atoms with van der Waals surface area (Å²) < 4.78 is 0.745. The predicted molar refractivity (Wildman–Crippen MR) is 70.5 cm³/mol. The minimum Gasteiger partial charge on any atom is -0.357 e. The largest absolute Gasteiger partial charge is 0.357 e. The highest BCUT2D eigenvalue weighted by Gasteiger charge is 2.21. The third-order valence-corrected chi connectivity index (χ3v) is 4.84. The van der Waals surface area contributed by atoms with Gasteiger partial charge in [-0.15, -0.1) is 5.10 Å². The fourth-order valence-electron chi connectivity index (χ4n) is 1.96. The summed E-state index contributed by atoms with van der Waals surface area (Å²) in [6.45, 7) is 0. The van der Waals surface area contributed by atoms with E-state index in [1.807, 2.05) is 11.8 Å². The second-order valence-electron chi connectivity index (χ2n) is 3.78. The van der Waals surface area contributed by atoms with Gasteiger partial charge in [0, 0.05) is 11.3 Å². The van der Waals surface area contributed by atoms with E-state index < -0.39 is 0 Å². The van der Waals surface area contributed by atoms with Gasteiger partial charge in [0.2, 0.25) is 5.13 Å². The molecule has 1 aliphatic carbocycles. The Balaban J connectivity index is 1.91. The Hall–Kier alpha value is -0.0700. The van der Waals surface area contributed by atoms with Crippen molar-refractivity contribution in [3.8, 4) is 0 Å². The molecule has 2 rings (SSSR count). The Morgan fingerprint density at radius 3 is 3.13 bits per heavy atom. The van der Waals surface area contributed by atoms with Gasteiger partial charge in [-0.25, -0.2) is 0 Å². The fraction of sp³-hybridized carbons (Fsp3) is 0.778. The SMILES string of the molecule is CSC1CCCC(Nc2n[nH]c(=S)s2)C1. The molecule has 0 amide bonds. The van der Waals surface area contributed by atoms with E-state index in [1.54, 1.807) is 0 Å². The Kier molecular flexibility index (Phi) is 4.05. The van der Waals surface area contributed by atoms with E-state index in [4.69, 9.17) is 12.2 Å². The van der Waals surface area contributed by atoms with E-state index in [9.17, 15) is 0 Å². The number of rotatable bonds is 3. The van der Waals surface area contributed by atoms with Gasteiger partial charge in [0.15, 0.2) is 3.95 Å². The van der Waals surface area contributed by atoms with Crippen LogP contribution in [0.2, 0.25) is 0 Å². The smallest absolute Gasteiger partial charge is 0.204 e. The van der Waals surface area contributed by atoms with Crippen LogP contribution in [-0.2, 0) is 0 Å². The average molecular weight is 261 g/mol. The molecule has 1 aliphatic rings. The third kappa shape index (κ3) is 3.19. The summed E-state index contributed by atoms with van der Waals surface area (Å²) in [5.41, 5.74) is 0. The van der Waals surface area contributed by atoms with Crippen molar-refractivity contribution in [3.63, 3.8) is 0 Å². The van der Waals surface area contributed by atoms with Crippen LogP contribution in [0.15, 0.2) is 0 Å². The van der Waals surface area contributed by atoms with Gasteiger partial charge in [0.25, 0.3) is 0 Å². The lowest BCUT2D eigenvalue weighted by Gasteiger charge is -2.28. The van der Waals surface area contributed by atoms with Gasteiger partial charge in [-0.1, -0.05) is 17.8 Å². The van der Waals surface area contributed by atoms with Crippen molar-refractivity contribution in [2.75, 3.05) is 11.6 Å². The zero-order valence-electron chi connectivity index (χ0n) is 8.66. The first-order valence-corrected chi connectivity index (χ1v) is 7.64. The van der Waals surface area contributed by atoms with Crippen LogP contribution in [0.25, 0.3) is 0 Å². The summed E-state index contributed by atoms with van der Waals surface area (Å²) in [5, 5.41) is 12.1. The van der Waals surface area contributed by atoms with Gasteiger partial charge in [0.1, 0.15) is 0 Å². The molecule has 2 N–H and O–H groups in total. The van der Waals surface area contributed by atoms with Crippen LogP contribution < -0.4 is 5.32 Å². The zero-order valence-corrected chi connectivity index (χ0v) is 11.1. The second kappa shape index (κ2) is 5.32. The van der Waals surface area contributed by atoms with Gasteiger partial charge in [-0.2, -0.15) is 11.8 Å². The summed E-state index contributed by atoms with van der Waals surface area (Å²) in [4.78, 5) is 0. The number of anilines is 1. The van der Waals surface area contributed by atoms with E-state index in [1.165, 1.54) is 37.0 Å². The van der Waals surface area contributed by atoms with E-state index in [0.29, 0.717) is 6.04 Å². The second-order valence-corrected chi connectivity index (χ2v) is 6.59. The molecule has 0 bridgehead atoms. The number of nitrogens with one attached hydrogen (secondary N) is 2. The average Bonchev–Trinajstić information content (AvgIpc) is 2.64. The van der Waals surface area contributed by atoms with Crippen LogP contribution in [0, 0.1) is 3.95 Å². The lowest BCUT2D eigenvalue weighted by atomic mass is 9.95. The summed E-state index contributed by atoms with van der Waals surface area (Å²) in [5.74, 6) is 0. The molecule has 2 unspecified atom stereocenters. The standard InChI is InChI=1S/C9H15N3S3/c1-14-7-4-2-3-6(5-7)10-8-11-12-9(13)15-8/h6-7H,2-5H2,1H3,(H,10,11)(H,12,13). The molecule has 0 spiro atoms. The lowest BCUT2D eigenvalue weighted by Crippen LogP contribution is -2.28. The van der Waals surface area contributed by atoms with Gasteiger partial charge in [-0.05, 0) is 37.7 Å². The minimum atomic E-state index is 0.574. The summed E-state index contributed by atoms with van der Waals surface area (Å²) in [6.07, 6.45) is 7.37. The molecule has 3 nitrogen and oxygen atoms in total. The van der Waals surface area contributed by atoms with E-state index in [2.05, 4.69) is 21.8 Å². The van der Waals surface area contributed by atoms with Gasteiger partial charge < -0.3 is 5.32 Å². The Morgan fingerprint density at radius 2 is 2.47 bits per heavy atom. The first-order chi connectivity index (χ1) is 7.28. The number of hydrogen-bond acceptors (Lipinski definition) is 5. The van der Waals surface area contributed by atoms with Crippen molar-refractivity contribution < 1.29 is 0 Å². The van der Waals surface area contributed by atoms with Crippen LogP contribution in [0.4, 0.5) is 5.13 Å². The Labute approximate surface area is 103 Å². The highest BCUT2D eigenvalue weighted by molar-refractivity contribution is 7.99. The Bertz CT molecular complexity index is 359. The third-order valence-electron chi connectivity index (χ3n) is 2.73. The van der Waals surface area contributed by atoms with Crippen LogP contribution >= 0.6 is 35.3 Å². The van der Waals surface area contributed by atoms with Gasteiger partial charge in [0.05, 0.1) is 0 Å². The molecule has 1 heterocycles. The van der Waals surface area contributed by atoms with Crippen molar-refractivity contribution in [2.45, 2.75) is 37.0 Å². The molecule has 1 aromatic heterocycles. The summed E-state index contributed by atoms with van der Waals surface area (Å²) in [6, 6.07) is 0.574. The normalized spacial score (nSPS) is 26.5. The molecule has 0 radical (unpaired) electrons. The number of thioether (sulfide) groups is 1. The first-order valence-electron chi connectivity index (χ1n) is 5.13. The number of H-pyrrole nitrogens is 1. The minimum absolute atomic E-state index is 0.574. The Morgan fingerprint density at radius 1 is 1.60 bits per heavy atom. The topological polar surface area (TPSA) is 40.7 Å². The number of nitrogens with zero attached hydrogens (tertiary/aromatic N) is 1. The summed E-state index contributed by atoms with van der Waals surface area (Å²) in [7, 11) is 0. The number of aromatic nitrogens is 2. The molecule has 1 fully saturated rings. The van der Waals surface area contributed by atoms with Crippen molar-refractivity contribution in [1.29, 1.82) is 0 Å². The molecule has 1 aromatic rings. The maximum absolute atomic E-state index is 5.00. The van der Waals surface area contributed by atoms with Crippen molar-refractivity contribution in [1.82, 2.24) is 10.2 Å². The number of hydrogen-bond donors (Lipinski definition) is 2. The first kappa shape index (κ1) is 11.4. The fourth-order valence-corrected chi connectivity index (χ4v) is 3.65. The molecule has 1 saturated carbocycles. The highest BCUT2D eigenvalue weighted by atomic mass is 32.2. The molecule has 15 heavy (non-hydrogen) atoms. The van der Waals surface area contributed by atoms with Gasteiger partial charge in [-0.3, -0.25) is 5.10 Å². The molecular formula is C9H15N3S3. The number of aromatic amines is 1. The van der Waals surface area contributed by atoms with Crippen LogP contribution in [0.5, 0.6) is 0 Å². The molecule has 0 aliphatic heterocycles. The molecule has 84 valence electrons. The monoisotopic (exact) mass is 261 g/mol. The van der Waals surface area contributed by atoms with Crippen molar-refractivity contribution in [3.05, 3.63) is 3.95 Å². The highest BCUT2D eigenvalue weighted by Crippen LogP contribution is 2.29. The van der Waals surface area contributed by atoms with Gasteiger partial charge >= 0.3 is 0 Å². The molecule has 6 heteroatoms. The molecule has 2 atom stereocenters. The lowest BCUT2D eigenvalue weighted by molar-refractivity contribution is 0.473. The zero-order chi connectivity index (χ0) is 10.7. The summed E-state index contributed by atoms with van der Waals surface area (Å²) >= 11 is 8.50.